The number of benzene rings is 2. The van der Waals surface area contributed by atoms with Gasteiger partial charge in [0.15, 0.2) is 0 Å². The van der Waals surface area contributed by atoms with Crippen molar-refractivity contribution in [2.24, 2.45) is 0 Å². The predicted octanol–water partition coefficient (Wildman–Crippen LogP) is 5.66. The zero-order valence-electron chi connectivity index (χ0n) is 11.2. The number of nitrogens with one attached hydrogen (secondary N) is 1. The summed E-state index contributed by atoms with van der Waals surface area (Å²) >= 11 is 13.7. The number of thiazole rings is 1. The zero-order chi connectivity index (χ0) is 15.1. The van der Waals surface area contributed by atoms with Gasteiger partial charge in [0.1, 0.15) is 5.01 Å². The molecule has 22 heavy (non-hydrogen) atoms. The van der Waals surface area contributed by atoms with Crippen LogP contribution in [0.15, 0.2) is 48.5 Å². The highest BCUT2D eigenvalue weighted by Crippen LogP contribution is 2.32. The van der Waals surface area contributed by atoms with Gasteiger partial charge in [-0.25, -0.2) is 4.98 Å². The van der Waals surface area contributed by atoms with E-state index in [1.54, 1.807) is 17.4 Å². The van der Waals surface area contributed by atoms with Crippen LogP contribution in [0, 0.1) is 0 Å². The molecule has 2 aromatic carbocycles. The Morgan fingerprint density at radius 2 is 1.73 bits per heavy atom. The molecule has 4 aromatic rings. The van der Waals surface area contributed by atoms with E-state index >= 15 is 0 Å². The van der Waals surface area contributed by atoms with Crippen molar-refractivity contribution in [1.82, 2.24) is 15.2 Å². The van der Waals surface area contributed by atoms with Crippen LogP contribution in [0.3, 0.4) is 0 Å². The van der Waals surface area contributed by atoms with E-state index in [0.717, 1.165) is 32.2 Å². The number of rotatable bonds is 2. The third kappa shape index (κ3) is 2.50. The highest BCUT2D eigenvalue weighted by Gasteiger charge is 2.11. The first-order valence-electron chi connectivity index (χ1n) is 6.57. The Balaban J connectivity index is 1.77. The van der Waals surface area contributed by atoms with Crippen molar-refractivity contribution in [3.05, 3.63) is 58.6 Å². The SMILES string of the molecule is Clc1cc(Cl)cc(-c2cc(-c3nc4ccccc4s3)[nH]n2)c1. The Kier molecular flexibility index (Phi) is 3.37. The molecule has 0 aliphatic heterocycles. The smallest absolute Gasteiger partial charge is 0.142 e. The van der Waals surface area contributed by atoms with E-state index in [1.807, 2.05) is 36.4 Å². The van der Waals surface area contributed by atoms with E-state index in [0.29, 0.717) is 10.0 Å². The van der Waals surface area contributed by atoms with E-state index in [-0.39, 0.29) is 0 Å². The minimum absolute atomic E-state index is 0.590. The first-order valence-corrected chi connectivity index (χ1v) is 8.14. The second kappa shape index (κ2) is 5.39. The summed E-state index contributed by atoms with van der Waals surface area (Å²) < 4.78 is 1.15. The normalized spacial score (nSPS) is 11.2. The molecule has 0 saturated heterocycles. The lowest BCUT2D eigenvalue weighted by atomic mass is 10.1. The molecule has 4 rings (SSSR count). The lowest BCUT2D eigenvalue weighted by Gasteiger charge is -1.98. The molecule has 0 bridgehead atoms. The highest BCUT2D eigenvalue weighted by atomic mass is 35.5. The van der Waals surface area contributed by atoms with Crippen LogP contribution in [-0.2, 0) is 0 Å². The molecule has 0 aliphatic rings. The van der Waals surface area contributed by atoms with E-state index in [1.165, 1.54) is 0 Å². The summed E-state index contributed by atoms with van der Waals surface area (Å²) in [4.78, 5) is 4.62. The Labute approximate surface area is 140 Å². The summed E-state index contributed by atoms with van der Waals surface area (Å²) in [6.45, 7) is 0. The molecular formula is C16H9Cl2N3S. The van der Waals surface area contributed by atoms with Crippen molar-refractivity contribution in [1.29, 1.82) is 0 Å². The molecule has 6 heteroatoms. The molecule has 3 nitrogen and oxygen atoms in total. The van der Waals surface area contributed by atoms with Crippen LogP contribution in [0.25, 0.3) is 32.2 Å². The molecule has 0 fully saturated rings. The molecule has 0 unspecified atom stereocenters. The number of fused-ring (bicyclic) bond motifs is 1. The number of nitrogens with zero attached hydrogens (tertiary/aromatic N) is 2. The third-order valence-corrected chi connectivity index (χ3v) is 4.77. The van der Waals surface area contributed by atoms with Gasteiger partial charge in [0.25, 0.3) is 0 Å². The van der Waals surface area contributed by atoms with Crippen LogP contribution in [0.5, 0.6) is 0 Å². The lowest BCUT2D eigenvalue weighted by Crippen LogP contribution is -1.78. The standard InChI is InChI=1S/C16H9Cl2N3S/c17-10-5-9(6-11(18)7-10)13-8-14(21-20-13)16-19-12-3-1-2-4-15(12)22-16/h1-8H,(H,20,21). The maximum Gasteiger partial charge on any atom is 0.142 e. The quantitative estimate of drug-likeness (QED) is 0.509. The van der Waals surface area contributed by atoms with Crippen LogP contribution >= 0.6 is 34.5 Å². The van der Waals surface area contributed by atoms with Gasteiger partial charge in [-0.1, -0.05) is 35.3 Å². The highest BCUT2D eigenvalue weighted by molar-refractivity contribution is 7.21. The monoisotopic (exact) mass is 345 g/mol. The van der Waals surface area contributed by atoms with Crippen molar-refractivity contribution in [3.63, 3.8) is 0 Å². The Hall–Kier alpha value is -1.88. The van der Waals surface area contributed by atoms with E-state index < -0.39 is 0 Å². The minimum Gasteiger partial charge on any atom is -0.275 e. The summed E-state index contributed by atoms with van der Waals surface area (Å²) in [5.74, 6) is 0. The molecule has 0 radical (unpaired) electrons. The average Bonchev–Trinajstić information content (AvgIpc) is 3.13. The molecule has 0 spiro atoms. The molecule has 1 N–H and O–H groups in total. The van der Waals surface area contributed by atoms with Gasteiger partial charge in [0.2, 0.25) is 0 Å². The Morgan fingerprint density at radius 3 is 2.50 bits per heavy atom. The van der Waals surface area contributed by atoms with Crippen molar-refractivity contribution in [3.8, 4) is 22.0 Å². The zero-order valence-corrected chi connectivity index (χ0v) is 13.5. The molecule has 0 aliphatic carbocycles. The van der Waals surface area contributed by atoms with Gasteiger partial charge in [0, 0.05) is 15.6 Å². The number of aromatic nitrogens is 3. The van der Waals surface area contributed by atoms with Crippen molar-refractivity contribution in [2.75, 3.05) is 0 Å². The molecule has 0 atom stereocenters. The van der Waals surface area contributed by atoms with Crippen LogP contribution < -0.4 is 0 Å². The minimum atomic E-state index is 0.590. The van der Waals surface area contributed by atoms with Gasteiger partial charge in [-0.3, -0.25) is 5.10 Å². The summed E-state index contributed by atoms with van der Waals surface area (Å²) in [6, 6.07) is 15.4. The summed E-state index contributed by atoms with van der Waals surface area (Å²) in [7, 11) is 0. The van der Waals surface area contributed by atoms with Gasteiger partial charge in [-0.15, -0.1) is 11.3 Å². The third-order valence-electron chi connectivity index (χ3n) is 3.26. The van der Waals surface area contributed by atoms with Crippen molar-refractivity contribution < 1.29 is 0 Å². The number of H-pyrrole nitrogens is 1. The van der Waals surface area contributed by atoms with E-state index in [4.69, 9.17) is 23.2 Å². The topological polar surface area (TPSA) is 41.6 Å². The van der Waals surface area contributed by atoms with Crippen LogP contribution in [0.2, 0.25) is 10.0 Å². The van der Waals surface area contributed by atoms with Crippen LogP contribution in [0.4, 0.5) is 0 Å². The number of para-hydroxylation sites is 1. The molecule has 0 saturated carbocycles. The van der Waals surface area contributed by atoms with Gasteiger partial charge >= 0.3 is 0 Å². The second-order valence-electron chi connectivity index (χ2n) is 4.81. The maximum atomic E-state index is 6.04. The largest absolute Gasteiger partial charge is 0.275 e. The van der Waals surface area contributed by atoms with Gasteiger partial charge in [0.05, 0.1) is 21.6 Å². The molecule has 0 amide bonds. The molecule has 2 aromatic heterocycles. The summed E-state index contributed by atoms with van der Waals surface area (Å²) in [5.41, 5.74) is 3.54. The molecular weight excluding hydrogens is 337 g/mol. The van der Waals surface area contributed by atoms with Crippen molar-refractivity contribution in [2.45, 2.75) is 0 Å². The fourth-order valence-corrected chi connectivity index (χ4v) is 3.73. The van der Waals surface area contributed by atoms with Crippen LogP contribution in [0.1, 0.15) is 0 Å². The fourth-order valence-electron chi connectivity index (χ4n) is 2.27. The van der Waals surface area contributed by atoms with Gasteiger partial charge < -0.3 is 0 Å². The first kappa shape index (κ1) is 13.8. The Bertz CT molecular complexity index is 921. The number of halogens is 2. The first-order chi connectivity index (χ1) is 10.7. The van der Waals surface area contributed by atoms with Crippen molar-refractivity contribution >= 4 is 44.8 Å². The number of hydrogen-bond donors (Lipinski definition) is 1. The second-order valence-corrected chi connectivity index (χ2v) is 6.72. The van der Waals surface area contributed by atoms with Crippen LogP contribution in [-0.4, -0.2) is 15.2 Å². The Morgan fingerprint density at radius 1 is 0.955 bits per heavy atom. The fraction of sp³-hybridized carbons (Fsp3) is 0. The van der Waals surface area contributed by atoms with Gasteiger partial charge in [-0.2, -0.15) is 5.10 Å². The molecule has 108 valence electrons. The number of hydrogen-bond acceptors (Lipinski definition) is 3. The summed E-state index contributed by atoms with van der Waals surface area (Å²) in [5, 5.41) is 9.46. The van der Waals surface area contributed by atoms with Gasteiger partial charge in [-0.05, 0) is 36.4 Å². The average molecular weight is 346 g/mol. The summed E-state index contributed by atoms with van der Waals surface area (Å²) in [6.07, 6.45) is 0. The lowest BCUT2D eigenvalue weighted by molar-refractivity contribution is 1.10. The maximum absolute atomic E-state index is 6.04. The molecule has 2 heterocycles. The predicted molar refractivity (Wildman–Crippen MR) is 92.7 cm³/mol. The van der Waals surface area contributed by atoms with E-state index in [2.05, 4.69) is 21.2 Å². The van der Waals surface area contributed by atoms with E-state index in [9.17, 15) is 0 Å². The number of aromatic amines is 1.